The quantitative estimate of drug-likeness (QED) is 0.204. The maximum atomic E-state index is 4.97. The van der Waals surface area contributed by atoms with E-state index in [1.54, 1.807) is 0 Å². The van der Waals surface area contributed by atoms with Gasteiger partial charge in [0.2, 0.25) is 0 Å². The first kappa shape index (κ1) is 24.6. The molecular formula is C40H30N2. The number of imidazole rings is 1. The van der Waals surface area contributed by atoms with E-state index >= 15 is 0 Å². The van der Waals surface area contributed by atoms with Gasteiger partial charge in [-0.25, -0.2) is 4.98 Å². The first-order valence-corrected chi connectivity index (χ1v) is 14.7. The van der Waals surface area contributed by atoms with Crippen LogP contribution in [0.5, 0.6) is 0 Å². The number of rotatable bonds is 4. The lowest BCUT2D eigenvalue weighted by Crippen LogP contribution is -2.03. The zero-order chi connectivity index (χ0) is 28.2. The van der Waals surface area contributed by atoms with Crippen LogP contribution in [0.4, 0.5) is 0 Å². The predicted molar refractivity (Wildman–Crippen MR) is 179 cm³/mol. The molecule has 0 bridgehead atoms. The molecule has 8 aromatic rings. The van der Waals surface area contributed by atoms with E-state index in [2.05, 4.69) is 158 Å². The highest BCUT2D eigenvalue weighted by Gasteiger charge is 2.18. The molecule has 8 rings (SSSR count). The minimum Gasteiger partial charge on any atom is -0.296 e. The van der Waals surface area contributed by atoms with E-state index in [-0.39, 0.29) is 0 Å². The minimum absolute atomic E-state index is 0.313. The van der Waals surface area contributed by atoms with Crippen LogP contribution in [-0.4, -0.2) is 9.55 Å². The molecule has 0 saturated carbocycles. The number of nitrogens with zero attached hydrogens (tertiary/aromatic N) is 2. The standard InChI is InChI=1S/C40H30N2/c1-26(2)40-41-36-17-9-10-18-37(36)42(40)31-23-21-28(22-24-31)38-32-13-5-7-15-34(32)39(35-16-8-6-14-33(35)38)30-20-19-27-11-3-4-12-29(27)25-30/h3-26H,1-2H3. The van der Waals surface area contributed by atoms with Crippen LogP contribution in [0.15, 0.2) is 140 Å². The normalized spacial score (nSPS) is 11.8. The second kappa shape index (κ2) is 9.71. The van der Waals surface area contributed by atoms with Gasteiger partial charge in [0.25, 0.3) is 0 Å². The lowest BCUT2D eigenvalue weighted by Gasteiger charge is -2.18. The average Bonchev–Trinajstić information content (AvgIpc) is 3.44. The topological polar surface area (TPSA) is 17.8 Å². The second-order valence-electron chi connectivity index (χ2n) is 11.4. The van der Waals surface area contributed by atoms with Crippen LogP contribution < -0.4 is 0 Å². The summed E-state index contributed by atoms with van der Waals surface area (Å²) in [5, 5.41) is 7.60. The van der Waals surface area contributed by atoms with Crippen molar-refractivity contribution in [2.24, 2.45) is 0 Å². The first-order valence-electron chi connectivity index (χ1n) is 14.7. The Morgan fingerprint density at radius 1 is 0.500 bits per heavy atom. The van der Waals surface area contributed by atoms with E-state index in [0.29, 0.717) is 5.92 Å². The Morgan fingerprint density at radius 2 is 1.02 bits per heavy atom. The molecule has 0 aliphatic carbocycles. The van der Waals surface area contributed by atoms with Gasteiger partial charge in [0.1, 0.15) is 5.82 Å². The van der Waals surface area contributed by atoms with Gasteiger partial charge in [-0.15, -0.1) is 0 Å². The molecule has 0 atom stereocenters. The molecule has 0 amide bonds. The van der Waals surface area contributed by atoms with Crippen molar-refractivity contribution in [2.75, 3.05) is 0 Å². The number of fused-ring (bicyclic) bond motifs is 4. The van der Waals surface area contributed by atoms with Crippen LogP contribution in [-0.2, 0) is 0 Å². The van der Waals surface area contributed by atoms with Gasteiger partial charge in [-0.3, -0.25) is 4.57 Å². The van der Waals surface area contributed by atoms with Crippen LogP contribution >= 0.6 is 0 Å². The van der Waals surface area contributed by atoms with Gasteiger partial charge in [-0.1, -0.05) is 123 Å². The van der Waals surface area contributed by atoms with Crippen molar-refractivity contribution >= 4 is 43.4 Å². The van der Waals surface area contributed by atoms with E-state index in [0.717, 1.165) is 22.5 Å². The molecule has 200 valence electrons. The number of hydrogen-bond acceptors (Lipinski definition) is 1. The Bertz CT molecular complexity index is 2210. The van der Waals surface area contributed by atoms with E-state index in [1.807, 2.05) is 0 Å². The lowest BCUT2D eigenvalue weighted by molar-refractivity contribution is 0.760. The van der Waals surface area contributed by atoms with Crippen LogP contribution in [0.1, 0.15) is 25.6 Å². The van der Waals surface area contributed by atoms with Crippen LogP contribution in [0.2, 0.25) is 0 Å². The van der Waals surface area contributed by atoms with Crippen molar-refractivity contribution in [3.05, 3.63) is 145 Å². The van der Waals surface area contributed by atoms with Gasteiger partial charge >= 0.3 is 0 Å². The Kier molecular flexibility index (Phi) is 5.68. The van der Waals surface area contributed by atoms with E-state index in [4.69, 9.17) is 4.98 Å². The molecule has 1 aromatic heterocycles. The van der Waals surface area contributed by atoms with Crippen molar-refractivity contribution in [3.63, 3.8) is 0 Å². The van der Waals surface area contributed by atoms with Gasteiger partial charge in [-0.2, -0.15) is 0 Å². The summed E-state index contributed by atoms with van der Waals surface area (Å²) in [5.74, 6) is 1.40. The highest BCUT2D eigenvalue weighted by molar-refractivity contribution is 6.21. The number of para-hydroxylation sites is 2. The predicted octanol–water partition coefficient (Wildman–Crippen LogP) is 10.9. The Labute approximate surface area is 245 Å². The molecule has 0 aliphatic heterocycles. The van der Waals surface area contributed by atoms with E-state index in [1.165, 1.54) is 54.6 Å². The number of benzene rings is 7. The van der Waals surface area contributed by atoms with Gasteiger partial charge in [-0.05, 0) is 84.9 Å². The summed E-state index contributed by atoms with van der Waals surface area (Å²) in [4.78, 5) is 4.97. The molecule has 1 heterocycles. The van der Waals surface area contributed by atoms with Gasteiger partial charge in [0, 0.05) is 11.6 Å². The SMILES string of the molecule is CC(C)c1nc2ccccc2n1-c1ccc(-c2c3ccccc3c(-c3ccc4ccccc4c3)c3ccccc23)cc1. The highest BCUT2D eigenvalue weighted by Crippen LogP contribution is 2.44. The highest BCUT2D eigenvalue weighted by atomic mass is 15.1. The summed E-state index contributed by atoms with van der Waals surface area (Å²) in [6, 6.07) is 50.6. The summed E-state index contributed by atoms with van der Waals surface area (Å²) < 4.78 is 2.31. The fraction of sp³-hybridized carbons (Fsp3) is 0.0750. The van der Waals surface area contributed by atoms with Crippen molar-refractivity contribution < 1.29 is 0 Å². The smallest absolute Gasteiger partial charge is 0.117 e. The molecule has 0 saturated heterocycles. The summed E-state index contributed by atoms with van der Waals surface area (Å²) in [6.45, 7) is 4.42. The average molecular weight is 539 g/mol. The monoisotopic (exact) mass is 538 g/mol. The molecule has 0 unspecified atom stereocenters. The molecule has 0 radical (unpaired) electrons. The van der Waals surface area contributed by atoms with Crippen LogP contribution in [0.3, 0.4) is 0 Å². The molecule has 2 heteroatoms. The van der Waals surface area contributed by atoms with Crippen molar-refractivity contribution in [3.8, 4) is 27.9 Å². The Balaban J connectivity index is 1.36. The second-order valence-corrected chi connectivity index (χ2v) is 11.4. The number of hydrogen-bond donors (Lipinski definition) is 0. The maximum absolute atomic E-state index is 4.97. The van der Waals surface area contributed by atoms with Gasteiger partial charge < -0.3 is 0 Å². The third kappa shape index (κ3) is 3.83. The zero-order valence-electron chi connectivity index (χ0n) is 23.8. The van der Waals surface area contributed by atoms with Gasteiger partial charge in [0.05, 0.1) is 11.0 Å². The molecular weight excluding hydrogens is 508 g/mol. The molecule has 0 N–H and O–H groups in total. The lowest BCUT2D eigenvalue weighted by atomic mass is 9.85. The first-order chi connectivity index (χ1) is 20.7. The van der Waals surface area contributed by atoms with Crippen molar-refractivity contribution in [2.45, 2.75) is 19.8 Å². The fourth-order valence-corrected chi connectivity index (χ4v) is 6.58. The van der Waals surface area contributed by atoms with Crippen molar-refractivity contribution in [1.82, 2.24) is 9.55 Å². The van der Waals surface area contributed by atoms with Crippen LogP contribution in [0.25, 0.3) is 71.3 Å². The molecule has 0 fully saturated rings. The molecule has 0 spiro atoms. The summed E-state index contributed by atoms with van der Waals surface area (Å²) >= 11 is 0. The molecule has 42 heavy (non-hydrogen) atoms. The van der Waals surface area contributed by atoms with Crippen LogP contribution in [0, 0.1) is 0 Å². The van der Waals surface area contributed by atoms with Crippen molar-refractivity contribution in [1.29, 1.82) is 0 Å². The van der Waals surface area contributed by atoms with E-state index < -0.39 is 0 Å². The Hall–Kier alpha value is -5.21. The third-order valence-corrected chi connectivity index (χ3v) is 8.49. The fourth-order valence-electron chi connectivity index (χ4n) is 6.58. The van der Waals surface area contributed by atoms with Gasteiger partial charge in [0.15, 0.2) is 0 Å². The van der Waals surface area contributed by atoms with E-state index in [9.17, 15) is 0 Å². The Morgan fingerprint density at radius 3 is 1.67 bits per heavy atom. The summed E-state index contributed by atoms with van der Waals surface area (Å²) in [7, 11) is 0. The molecule has 7 aromatic carbocycles. The minimum atomic E-state index is 0.313. The third-order valence-electron chi connectivity index (χ3n) is 8.49. The summed E-state index contributed by atoms with van der Waals surface area (Å²) in [6.07, 6.45) is 0. The molecule has 0 aliphatic rings. The maximum Gasteiger partial charge on any atom is 0.117 e. The largest absolute Gasteiger partial charge is 0.296 e. The zero-order valence-corrected chi connectivity index (χ0v) is 23.8. The number of aromatic nitrogens is 2. The summed E-state index contributed by atoms with van der Waals surface area (Å²) in [5.41, 5.74) is 8.34. The molecule has 2 nitrogen and oxygen atoms in total.